The summed E-state index contributed by atoms with van der Waals surface area (Å²) in [6.45, 7) is 6.33. The number of nitrogens with one attached hydrogen (secondary N) is 1. The molecule has 2 aliphatic carbocycles. The maximum absolute atomic E-state index is 11.6. The van der Waals surface area contributed by atoms with Gasteiger partial charge in [-0.1, -0.05) is 0 Å². The molecule has 122 valence electrons. The van der Waals surface area contributed by atoms with Crippen LogP contribution in [0.3, 0.4) is 0 Å². The molecule has 1 heterocycles. The van der Waals surface area contributed by atoms with Crippen molar-refractivity contribution >= 4 is 28.7 Å². The first-order valence-corrected chi connectivity index (χ1v) is 9.11. The second-order valence-electron chi connectivity index (χ2n) is 7.49. The van der Waals surface area contributed by atoms with E-state index in [0.29, 0.717) is 24.4 Å². The van der Waals surface area contributed by atoms with Gasteiger partial charge in [-0.05, 0) is 75.0 Å². The lowest BCUT2D eigenvalue weighted by atomic mass is 9.80. The molecule has 6 heteroatoms. The first kappa shape index (κ1) is 16.1. The highest BCUT2D eigenvalue weighted by atomic mass is 127. The predicted molar refractivity (Wildman–Crippen MR) is 92.9 cm³/mol. The van der Waals surface area contributed by atoms with Crippen molar-refractivity contribution < 1.29 is 9.53 Å². The summed E-state index contributed by atoms with van der Waals surface area (Å²) in [6.07, 6.45) is 6.60. The average molecular weight is 417 g/mol. The highest BCUT2D eigenvalue weighted by Gasteiger charge is 2.34. The molecule has 0 bridgehead atoms. The van der Waals surface area contributed by atoms with Crippen molar-refractivity contribution in [3.8, 4) is 0 Å². The molecule has 1 aromatic heterocycles. The van der Waals surface area contributed by atoms with Crippen molar-refractivity contribution in [2.75, 3.05) is 6.54 Å². The standard InChI is InChI=1S/C16H24IN3O2/c1-16(2,3)22-15(21)18-8-10-6-12(7-10)20-9-13(17)14(19-20)11-4-5-11/h9-12H,4-8H2,1-3H3,(H,18,21). The number of hydrogen-bond donors (Lipinski definition) is 1. The summed E-state index contributed by atoms with van der Waals surface area (Å²) in [4.78, 5) is 11.6. The minimum atomic E-state index is -0.433. The van der Waals surface area contributed by atoms with Crippen molar-refractivity contribution in [3.05, 3.63) is 15.5 Å². The van der Waals surface area contributed by atoms with E-state index in [-0.39, 0.29) is 6.09 Å². The molecule has 0 aromatic carbocycles. The Morgan fingerprint density at radius 1 is 1.45 bits per heavy atom. The Hall–Kier alpha value is -0.790. The van der Waals surface area contributed by atoms with Crippen LogP contribution in [-0.4, -0.2) is 28.0 Å². The zero-order valence-corrected chi connectivity index (χ0v) is 15.6. The summed E-state index contributed by atoms with van der Waals surface area (Å²) in [6, 6.07) is 0.492. The van der Waals surface area contributed by atoms with Crippen molar-refractivity contribution in [1.29, 1.82) is 0 Å². The third kappa shape index (κ3) is 3.94. The molecule has 2 aliphatic rings. The summed E-state index contributed by atoms with van der Waals surface area (Å²) in [7, 11) is 0. The van der Waals surface area contributed by atoms with Crippen molar-refractivity contribution in [1.82, 2.24) is 15.1 Å². The molecular weight excluding hydrogens is 393 g/mol. The molecular formula is C16H24IN3O2. The van der Waals surface area contributed by atoms with Crippen LogP contribution >= 0.6 is 22.6 Å². The van der Waals surface area contributed by atoms with E-state index in [1.165, 1.54) is 22.1 Å². The van der Waals surface area contributed by atoms with E-state index < -0.39 is 5.60 Å². The maximum atomic E-state index is 11.6. The van der Waals surface area contributed by atoms with Crippen LogP contribution in [-0.2, 0) is 4.74 Å². The molecule has 3 rings (SSSR count). The van der Waals surface area contributed by atoms with E-state index in [0.717, 1.165) is 12.8 Å². The van der Waals surface area contributed by atoms with Crippen LogP contribution in [0.4, 0.5) is 4.79 Å². The number of alkyl carbamates (subject to hydrolysis) is 1. The molecule has 1 amide bonds. The van der Waals surface area contributed by atoms with E-state index in [1.807, 2.05) is 20.8 Å². The number of amides is 1. The molecule has 0 spiro atoms. The van der Waals surface area contributed by atoms with Gasteiger partial charge in [-0.25, -0.2) is 4.79 Å². The summed E-state index contributed by atoms with van der Waals surface area (Å²) < 4.78 is 8.69. The fourth-order valence-corrected chi connectivity index (χ4v) is 3.66. The van der Waals surface area contributed by atoms with E-state index in [1.54, 1.807) is 0 Å². The Morgan fingerprint density at radius 3 is 2.73 bits per heavy atom. The van der Waals surface area contributed by atoms with Crippen LogP contribution in [0.1, 0.15) is 64.1 Å². The molecule has 0 unspecified atom stereocenters. The lowest BCUT2D eigenvalue weighted by Crippen LogP contribution is -2.39. The number of carbonyl (C=O) groups is 1. The number of hydrogen-bond acceptors (Lipinski definition) is 3. The summed E-state index contributed by atoms with van der Waals surface area (Å²) in [5.41, 5.74) is 0.855. The largest absolute Gasteiger partial charge is 0.444 e. The molecule has 1 aromatic rings. The highest BCUT2D eigenvalue weighted by molar-refractivity contribution is 14.1. The predicted octanol–water partition coefficient (Wildman–Crippen LogP) is 3.84. The normalized spacial score (nSPS) is 24.7. The minimum Gasteiger partial charge on any atom is -0.444 e. The molecule has 2 fully saturated rings. The highest BCUT2D eigenvalue weighted by Crippen LogP contribution is 2.43. The van der Waals surface area contributed by atoms with Gasteiger partial charge in [-0.3, -0.25) is 4.68 Å². The summed E-state index contributed by atoms with van der Waals surface area (Å²) in [5, 5.41) is 7.63. The Morgan fingerprint density at radius 2 is 2.14 bits per heavy atom. The Labute approximate surface area is 145 Å². The molecule has 5 nitrogen and oxygen atoms in total. The first-order valence-electron chi connectivity index (χ1n) is 8.03. The van der Waals surface area contributed by atoms with Crippen molar-refractivity contribution in [2.24, 2.45) is 5.92 Å². The topological polar surface area (TPSA) is 56.1 Å². The van der Waals surface area contributed by atoms with Crippen LogP contribution in [0.2, 0.25) is 0 Å². The van der Waals surface area contributed by atoms with Gasteiger partial charge in [0.15, 0.2) is 0 Å². The Balaban J connectivity index is 1.42. The number of nitrogens with zero attached hydrogens (tertiary/aromatic N) is 2. The summed E-state index contributed by atoms with van der Waals surface area (Å²) >= 11 is 2.40. The van der Waals surface area contributed by atoms with E-state index >= 15 is 0 Å². The van der Waals surface area contributed by atoms with Crippen LogP contribution in [0.25, 0.3) is 0 Å². The van der Waals surface area contributed by atoms with Crippen LogP contribution < -0.4 is 5.32 Å². The lowest BCUT2D eigenvalue weighted by Gasteiger charge is -2.35. The molecule has 22 heavy (non-hydrogen) atoms. The molecule has 0 aliphatic heterocycles. The number of halogens is 1. The molecule has 0 radical (unpaired) electrons. The third-order valence-electron chi connectivity index (χ3n) is 4.20. The van der Waals surface area contributed by atoms with Gasteiger partial charge in [-0.2, -0.15) is 5.10 Å². The van der Waals surface area contributed by atoms with Gasteiger partial charge in [0.05, 0.1) is 15.3 Å². The van der Waals surface area contributed by atoms with Gasteiger partial charge in [0.25, 0.3) is 0 Å². The smallest absolute Gasteiger partial charge is 0.407 e. The Kier molecular flexibility index (Phi) is 4.40. The van der Waals surface area contributed by atoms with Gasteiger partial charge < -0.3 is 10.1 Å². The van der Waals surface area contributed by atoms with Crippen LogP contribution in [0, 0.1) is 9.49 Å². The second kappa shape index (κ2) is 6.02. The quantitative estimate of drug-likeness (QED) is 0.758. The fourth-order valence-electron chi connectivity index (χ4n) is 2.83. The monoisotopic (exact) mass is 417 g/mol. The van der Waals surface area contributed by atoms with E-state index in [4.69, 9.17) is 9.84 Å². The first-order chi connectivity index (χ1) is 10.3. The maximum Gasteiger partial charge on any atom is 0.407 e. The number of rotatable bonds is 4. The number of aromatic nitrogens is 2. The average Bonchev–Trinajstić information content (AvgIpc) is 3.09. The van der Waals surface area contributed by atoms with Crippen molar-refractivity contribution in [3.63, 3.8) is 0 Å². The van der Waals surface area contributed by atoms with Gasteiger partial charge in [0.2, 0.25) is 0 Å². The summed E-state index contributed by atoms with van der Waals surface area (Å²) in [5.74, 6) is 1.24. The van der Waals surface area contributed by atoms with Crippen LogP contribution in [0.15, 0.2) is 6.20 Å². The molecule has 2 saturated carbocycles. The van der Waals surface area contributed by atoms with Gasteiger partial charge in [0, 0.05) is 18.7 Å². The molecule has 1 N–H and O–H groups in total. The Bertz CT molecular complexity index is 554. The zero-order chi connectivity index (χ0) is 15.9. The van der Waals surface area contributed by atoms with E-state index in [9.17, 15) is 4.79 Å². The number of ether oxygens (including phenoxy) is 1. The molecule has 0 atom stereocenters. The number of carbonyl (C=O) groups excluding carboxylic acids is 1. The van der Waals surface area contributed by atoms with Gasteiger partial charge in [-0.15, -0.1) is 0 Å². The lowest BCUT2D eigenvalue weighted by molar-refractivity contribution is 0.0498. The van der Waals surface area contributed by atoms with Gasteiger partial charge >= 0.3 is 6.09 Å². The second-order valence-corrected chi connectivity index (χ2v) is 8.65. The fraction of sp³-hybridized carbons (Fsp3) is 0.750. The third-order valence-corrected chi connectivity index (χ3v) is 5.03. The van der Waals surface area contributed by atoms with Crippen molar-refractivity contribution in [2.45, 2.75) is 64.0 Å². The minimum absolute atomic E-state index is 0.319. The SMILES string of the molecule is CC(C)(C)OC(=O)NCC1CC(n2cc(I)c(C3CC3)n2)C1. The molecule has 0 saturated heterocycles. The zero-order valence-electron chi connectivity index (χ0n) is 13.4. The van der Waals surface area contributed by atoms with E-state index in [2.05, 4.69) is 38.8 Å². The van der Waals surface area contributed by atoms with Gasteiger partial charge in [0.1, 0.15) is 5.60 Å². The van der Waals surface area contributed by atoms with Crippen LogP contribution in [0.5, 0.6) is 0 Å².